The Kier molecular flexibility index (Phi) is 5.00. The Labute approximate surface area is 132 Å². The van der Waals surface area contributed by atoms with Gasteiger partial charge in [0, 0.05) is 30.7 Å². The SMILES string of the molecule is CN(Cc1ccsc1)S(=O)(=O)c1cc(Cl)cc(CN)c1F. The van der Waals surface area contributed by atoms with Gasteiger partial charge in [-0.3, -0.25) is 0 Å². The van der Waals surface area contributed by atoms with E-state index in [0.29, 0.717) is 0 Å². The van der Waals surface area contributed by atoms with E-state index in [1.54, 1.807) is 0 Å². The summed E-state index contributed by atoms with van der Waals surface area (Å²) < 4.78 is 40.3. The predicted molar refractivity (Wildman–Crippen MR) is 82.3 cm³/mol. The first-order chi connectivity index (χ1) is 9.86. The van der Waals surface area contributed by atoms with E-state index in [9.17, 15) is 12.8 Å². The lowest BCUT2D eigenvalue weighted by molar-refractivity contribution is 0.459. The molecular weight excluding hydrogens is 335 g/mol. The number of benzene rings is 1. The van der Waals surface area contributed by atoms with Crippen LogP contribution >= 0.6 is 22.9 Å². The van der Waals surface area contributed by atoms with Gasteiger partial charge in [-0.05, 0) is 34.5 Å². The van der Waals surface area contributed by atoms with E-state index in [1.807, 2.05) is 16.8 Å². The zero-order valence-electron chi connectivity index (χ0n) is 11.2. The maximum absolute atomic E-state index is 14.2. The Hall–Kier alpha value is -0.990. The topological polar surface area (TPSA) is 63.4 Å². The molecule has 1 heterocycles. The average Bonchev–Trinajstić information content (AvgIpc) is 2.93. The molecule has 0 radical (unpaired) electrons. The molecule has 114 valence electrons. The summed E-state index contributed by atoms with van der Waals surface area (Å²) in [7, 11) is -2.58. The molecule has 0 saturated carbocycles. The third kappa shape index (κ3) is 3.44. The van der Waals surface area contributed by atoms with Crippen LogP contribution in [-0.2, 0) is 23.1 Å². The Morgan fingerprint density at radius 2 is 2.14 bits per heavy atom. The van der Waals surface area contributed by atoms with E-state index in [0.717, 1.165) is 15.9 Å². The average molecular weight is 349 g/mol. The van der Waals surface area contributed by atoms with Gasteiger partial charge in [-0.2, -0.15) is 15.6 Å². The molecule has 0 amide bonds. The molecule has 2 N–H and O–H groups in total. The third-order valence-electron chi connectivity index (χ3n) is 2.97. The Morgan fingerprint density at radius 1 is 1.43 bits per heavy atom. The number of thiophene rings is 1. The van der Waals surface area contributed by atoms with Crippen LogP contribution in [0.1, 0.15) is 11.1 Å². The standard InChI is InChI=1S/C13H14ClFN2O2S2/c1-17(7-9-2-3-20-8-9)21(18,19)12-5-11(14)4-10(6-16)13(12)15/h2-5,8H,6-7,16H2,1H3. The molecular formula is C13H14ClFN2O2S2. The van der Waals surface area contributed by atoms with E-state index in [-0.39, 0.29) is 23.7 Å². The van der Waals surface area contributed by atoms with Crippen LogP contribution in [0.2, 0.25) is 5.02 Å². The zero-order chi connectivity index (χ0) is 15.6. The summed E-state index contributed by atoms with van der Waals surface area (Å²) >= 11 is 7.32. The number of nitrogens with zero attached hydrogens (tertiary/aromatic N) is 1. The first-order valence-corrected chi connectivity index (χ1v) is 8.77. The van der Waals surface area contributed by atoms with Crippen molar-refractivity contribution in [2.24, 2.45) is 5.73 Å². The lowest BCUT2D eigenvalue weighted by atomic mass is 10.2. The Balaban J connectivity index is 2.41. The molecule has 21 heavy (non-hydrogen) atoms. The van der Waals surface area contributed by atoms with Gasteiger partial charge in [0.25, 0.3) is 0 Å². The van der Waals surface area contributed by atoms with Crippen molar-refractivity contribution in [3.8, 4) is 0 Å². The fraction of sp³-hybridized carbons (Fsp3) is 0.231. The van der Waals surface area contributed by atoms with Gasteiger partial charge < -0.3 is 5.73 Å². The fourth-order valence-corrected chi connectivity index (χ4v) is 4.10. The van der Waals surface area contributed by atoms with Crippen molar-refractivity contribution in [1.29, 1.82) is 0 Å². The number of hydrogen-bond donors (Lipinski definition) is 1. The molecule has 4 nitrogen and oxygen atoms in total. The molecule has 2 aromatic rings. The monoisotopic (exact) mass is 348 g/mol. The Bertz CT molecular complexity index is 733. The van der Waals surface area contributed by atoms with E-state index in [4.69, 9.17) is 17.3 Å². The van der Waals surface area contributed by atoms with Gasteiger partial charge in [-0.1, -0.05) is 11.6 Å². The van der Waals surface area contributed by atoms with E-state index in [1.165, 1.54) is 24.5 Å². The van der Waals surface area contributed by atoms with Crippen LogP contribution in [0.25, 0.3) is 0 Å². The largest absolute Gasteiger partial charge is 0.326 e. The van der Waals surface area contributed by atoms with Crippen molar-refractivity contribution >= 4 is 33.0 Å². The van der Waals surface area contributed by atoms with Crippen LogP contribution in [0, 0.1) is 5.82 Å². The maximum Gasteiger partial charge on any atom is 0.246 e. The van der Waals surface area contributed by atoms with Crippen molar-refractivity contribution in [2.75, 3.05) is 7.05 Å². The molecule has 0 atom stereocenters. The van der Waals surface area contributed by atoms with E-state index in [2.05, 4.69) is 0 Å². The molecule has 8 heteroatoms. The first-order valence-electron chi connectivity index (χ1n) is 6.01. The fourth-order valence-electron chi connectivity index (χ4n) is 1.85. The second-order valence-electron chi connectivity index (χ2n) is 4.47. The minimum atomic E-state index is -3.98. The lowest BCUT2D eigenvalue weighted by Crippen LogP contribution is -2.27. The van der Waals surface area contributed by atoms with Gasteiger partial charge in [0.1, 0.15) is 10.7 Å². The van der Waals surface area contributed by atoms with Gasteiger partial charge in [-0.15, -0.1) is 0 Å². The Morgan fingerprint density at radius 3 is 2.71 bits per heavy atom. The van der Waals surface area contributed by atoms with Crippen molar-refractivity contribution in [1.82, 2.24) is 4.31 Å². The second-order valence-corrected chi connectivity index (χ2v) is 7.70. The van der Waals surface area contributed by atoms with E-state index < -0.39 is 20.7 Å². The highest BCUT2D eigenvalue weighted by molar-refractivity contribution is 7.89. The quantitative estimate of drug-likeness (QED) is 0.903. The summed E-state index contributed by atoms with van der Waals surface area (Å²) in [5.41, 5.74) is 6.33. The lowest BCUT2D eigenvalue weighted by Gasteiger charge is -2.18. The number of halogens is 2. The maximum atomic E-state index is 14.2. The number of sulfonamides is 1. The van der Waals surface area contributed by atoms with Crippen molar-refractivity contribution in [3.63, 3.8) is 0 Å². The molecule has 0 spiro atoms. The van der Waals surface area contributed by atoms with Crippen LogP contribution in [-0.4, -0.2) is 19.8 Å². The van der Waals surface area contributed by atoms with Crippen LogP contribution in [0.5, 0.6) is 0 Å². The molecule has 0 bridgehead atoms. The normalized spacial score (nSPS) is 12.0. The molecule has 0 aliphatic heterocycles. The molecule has 0 saturated heterocycles. The molecule has 0 aliphatic rings. The smallest absolute Gasteiger partial charge is 0.246 e. The predicted octanol–water partition coefficient (Wildman–Crippen LogP) is 2.82. The minimum Gasteiger partial charge on any atom is -0.326 e. The van der Waals surface area contributed by atoms with Gasteiger partial charge in [0.05, 0.1) is 0 Å². The van der Waals surface area contributed by atoms with E-state index >= 15 is 0 Å². The molecule has 0 unspecified atom stereocenters. The summed E-state index contributed by atoms with van der Waals surface area (Å²) in [6.45, 7) is 0.0406. The van der Waals surface area contributed by atoms with Gasteiger partial charge in [0.2, 0.25) is 10.0 Å². The summed E-state index contributed by atoms with van der Waals surface area (Å²) in [5, 5.41) is 3.83. The minimum absolute atomic E-state index is 0.0741. The molecule has 2 rings (SSSR count). The molecule has 0 aliphatic carbocycles. The number of nitrogens with two attached hydrogens (primary N) is 1. The molecule has 1 aromatic heterocycles. The van der Waals surface area contributed by atoms with Crippen molar-refractivity contribution in [2.45, 2.75) is 18.0 Å². The first kappa shape index (κ1) is 16.4. The van der Waals surface area contributed by atoms with Crippen LogP contribution < -0.4 is 5.73 Å². The molecule has 0 fully saturated rings. The van der Waals surface area contributed by atoms with Crippen molar-refractivity contribution in [3.05, 3.63) is 50.9 Å². The number of hydrogen-bond acceptors (Lipinski definition) is 4. The van der Waals surface area contributed by atoms with Gasteiger partial charge in [0.15, 0.2) is 0 Å². The third-order valence-corrected chi connectivity index (χ3v) is 5.73. The number of rotatable bonds is 5. The van der Waals surface area contributed by atoms with Crippen LogP contribution in [0.4, 0.5) is 4.39 Å². The summed E-state index contributed by atoms with van der Waals surface area (Å²) in [6, 6.07) is 4.25. The van der Waals surface area contributed by atoms with Crippen LogP contribution in [0.3, 0.4) is 0 Å². The van der Waals surface area contributed by atoms with Gasteiger partial charge in [-0.25, -0.2) is 12.8 Å². The highest BCUT2D eigenvalue weighted by atomic mass is 35.5. The molecule has 1 aromatic carbocycles. The summed E-state index contributed by atoms with van der Waals surface area (Å²) in [4.78, 5) is -0.451. The highest BCUT2D eigenvalue weighted by Crippen LogP contribution is 2.26. The zero-order valence-corrected chi connectivity index (χ0v) is 13.6. The summed E-state index contributed by atoms with van der Waals surface area (Å²) in [5.74, 6) is -0.848. The van der Waals surface area contributed by atoms with Crippen LogP contribution in [0.15, 0.2) is 33.9 Å². The second kappa shape index (κ2) is 6.41. The van der Waals surface area contributed by atoms with Crippen molar-refractivity contribution < 1.29 is 12.8 Å². The van der Waals surface area contributed by atoms with Gasteiger partial charge >= 0.3 is 0 Å². The highest BCUT2D eigenvalue weighted by Gasteiger charge is 2.26. The summed E-state index contributed by atoms with van der Waals surface area (Å²) in [6.07, 6.45) is 0.